The van der Waals surface area contributed by atoms with Gasteiger partial charge in [-0.2, -0.15) is 0 Å². The van der Waals surface area contributed by atoms with Crippen molar-refractivity contribution in [3.63, 3.8) is 0 Å². The average molecular weight is 351 g/mol. The first-order valence-corrected chi connectivity index (χ1v) is 8.54. The lowest BCUT2D eigenvalue weighted by molar-refractivity contribution is -0.169. The summed E-state index contributed by atoms with van der Waals surface area (Å²) in [6, 6.07) is 9.23. The van der Waals surface area contributed by atoms with Crippen LogP contribution >= 0.6 is 0 Å². The molecule has 2 N–H and O–H groups in total. The lowest BCUT2D eigenvalue weighted by atomic mass is 10.2. The van der Waals surface area contributed by atoms with E-state index in [2.05, 4.69) is 5.32 Å². The summed E-state index contributed by atoms with van der Waals surface area (Å²) >= 11 is 0. The predicted octanol–water partition coefficient (Wildman–Crippen LogP) is 1.58. The standard InChI is InChI=1S/C18H25NO6/c1-18(2)24-15-13(10-14(16(15)25-18)22-9-8-20)19-17(21)23-11-12-6-4-3-5-7-12/h3-7,13-16,20H,8-11H2,1-2H3,(H,19,21)/t13?,14?,15-,16-/m1/s1. The number of nitrogens with one attached hydrogen (secondary N) is 1. The van der Waals surface area contributed by atoms with E-state index < -0.39 is 11.9 Å². The number of benzene rings is 1. The Hall–Kier alpha value is -1.67. The van der Waals surface area contributed by atoms with Gasteiger partial charge in [-0.15, -0.1) is 0 Å². The number of hydrogen-bond donors (Lipinski definition) is 2. The maximum absolute atomic E-state index is 12.1. The number of carbonyl (C=O) groups is 1. The van der Waals surface area contributed by atoms with E-state index in [0.717, 1.165) is 5.56 Å². The van der Waals surface area contributed by atoms with E-state index in [1.807, 2.05) is 44.2 Å². The SMILES string of the molecule is CC1(C)O[C@@H]2C(NC(=O)OCc3ccccc3)CC(OCCO)[C@H]2O1. The molecule has 7 nitrogen and oxygen atoms in total. The number of aliphatic hydroxyl groups is 1. The molecular formula is C18H25NO6. The Bertz CT molecular complexity index is 578. The molecule has 1 amide bonds. The van der Waals surface area contributed by atoms with E-state index in [0.29, 0.717) is 6.42 Å². The van der Waals surface area contributed by atoms with Gasteiger partial charge >= 0.3 is 6.09 Å². The Balaban J connectivity index is 1.56. The van der Waals surface area contributed by atoms with Crippen molar-refractivity contribution in [2.45, 2.75) is 57.0 Å². The summed E-state index contributed by atoms with van der Waals surface area (Å²) in [4.78, 5) is 12.1. The van der Waals surface area contributed by atoms with E-state index in [1.165, 1.54) is 0 Å². The molecule has 0 spiro atoms. The zero-order chi connectivity index (χ0) is 17.9. The Kier molecular flexibility index (Phi) is 5.58. The molecule has 1 saturated heterocycles. The lowest BCUT2D eigenvalue weighted by Gasteiger charge is -2.23. The summed E-state index contributed by atoms with van der Waals surface area (Å²) in [7, 11) is 0. The third-order valence-electron chi connectivity index (χ3n) is 4.35. The molecule has 138 valence electrons. The normalized spacial score (nSPS) is 30.0. The number of amides is 1. The van der Waals surface area contributed by atoms with Crippen molar-refractivity contribution < 1.29 is 28.8 Å². The summed E-state index contributed by atoms with van der Waals surface area (Å²) in [6.45, 7) is 4.04. The summed E-state index contributed by atoms with van der Waals surface area (Å²) in [5, 5.41) is 11.8. The van der Waals surface area contributed by atoms with Gasteiger partial charge in [-0.1, -0.05) is 30.3 Å². The fourth-order valence-corrected chi connectivity index (χ4v) is 3.36. The van der Waals surface area contributed by atoms with Gasteiger partial charge in [-0.3, -0.25) is 0 Å². The molecule has 0 radical (unpaired) electrons. The van der Waals surface area contributed by atoms with Crippen LogP contribution in [0.4, 0.5) is 4.79 Å². The van der Waals surface area contributed by atoms with Crippen LogP contribution in [0.5, 0.6) is 0 Å². The van der Waals surface area contributed by atoms with Gasteiger partial charge in [0.25, 0.3) is 0 Å². The number of aliphatic hydroxyl groups excluding tert-OH is 1. The second-order valence-corrected chi connectivity index (χ2v) is 6.75. The fraction of sp³-hybridized carbons (Fsp3) is 0.611. The summed E-state index contributed by atoms with van der Waals surface area (Å²) in [5.41, 5.74) is 0.924. The number of alkyl carbamates (subject to hydrolysis) is 1. The van der Waals surface area contributed by atoms with Crippen molar-refractivity contribution in [2.24, 2.45) is 0 Å². The van der Waals surface area contributed by atoms with Crippen LogP contribution in [0.2, 0.25) is 0 Å². The second-order valence-electron chi connectivity index (χ2n) is 6.75. The highest BCUT2D eigenvalue weighted by Crippen LogP contribution is 2.39. The van der Waals surface area contributed by atoms with E-state index in [9.17, 15) is 4.79 Å². The van der Waals surface area contributed by atoms with Crippen LogP contribution in [0.25, 0.3) is 0 Å². The number of ether oxygens (including phenoxy) is 4. The van der Waals surface area contributed by atoms with E-state index >= 15 is 0 Å². The fourth-order valence-electron chi connectivity index (χ4n) is 3.36. The molecule has 1 aliphatic carbocycles. The van der Waals surface area contributed by atoms with Gasteiger partial charge in [-0.25, -0.2) is 4.79 Å². The molecule has 1 aromatic rings. The van der Waals surface area contributed by atoms with Gasteiger partial charge < -0.3 is 29.4 Å². The zero-order valence-corrected chi connectivity index (χ0v) is 14.5. The van der Waals surface area contributed by atoms with Crippen molar-refractivity contribution in [1.29, 1.82) is 0 Å². The Labute approximate surface area is 147 Å². The molecule has 1 heterocycles. The molecule has 3 rings (SSSR count). The third kappa shape index (κ3) is 4.49. The van der Waals surface area contributed by atoms with Gasteiger partial charge in [0, 0.05) is 0 Å². The topological polar surface area (TPSA) is 86.3 Å². The highest BCUT2D eigenvalue weighted by Gasteiger charge is 2.55. The quantitative estimate of drug-likeness (QED) is 0.809. The molecule has 1 saturated carbocycles. The van der Waals surface area contributed by atoms with E-state index in [-0.39, 0.29) is 44.2 Å². The second kappa shape index (κ2) is 7.70. The molecule has 2 unspecified atom stereocenters. The van der Waals surface area contributed by atoms with Crippen LogP contribution in [-0.2, 0) is 25.6 Å². The molecule has 1 aromatic carbocycles. The van der Waals surface area contributed by atoms with E-state index in [1.54, 1.807) is 0 Å². The summed E-state index contributed by atoms with van der Waals surface area (Å²) in [5.74, 6) is -0.732. The largest absolute Gasteiger partial charge is 0.445 e. The van der Waals surface area contributed by atoms with Crippen molar-refractivity contribution in [1.82, 2.24) is 5.32 Å². The number of fused-ring (bicyclic) bond motifs is 1. The number of hydrogen-bond acceptors (Lipinski definition) is 6. The minimum Gasteiger partial charge on any atom is -0.445 e. The van der Waals surface area contributed by atoms with Gasteiger partial charge in [0.05, 0.1) is 25.4 Å². The van der Waals surface area contributed by atoms with Crippen molar-refractivity contribution >= 4 is 6.09 Å². The van der Waals surface area contributed by atoms with Gasteiger partial charge in [0.2, 0.25) is 0 Å². The first kappa shape index (κ1) is 18.1. The van der Waals surface area contributed by atoms with Crippen LogP contribution in [-0.4, -0.2) is 54.6 Å². The van der Waals surface area contributed by atoms with Gasteiger partial charge in [0.15, 0.2) is 5.79 Å². The van der Waals surface area contributed by atoms with Gasteiger partial charge in [0.1, 0.15) is 18.8 Å². The highest BCUT2D eigenvalue weighted by molar-refractivity contribution is 5.67. The average Bonchev–Trinajstić information content (AvgIpc) is 3.06. The van der Waals surface area contributed by atoms with Crippen LogP contribution in [0.3, 0.4) is 0 Å². The Morgan fingerprint density at radius 1 is 1.28 bits per heavy atom. The molecule has 0 aromatic heterocycles. The number of rotatable bonds is 6. The monoisotopic (exact) mass is 351 g/mol. The molecule has 2 fully saturated rings. The minimum absolute atomic E-state index is 0.0602. The first-order chi connectivity index (χ1) is 12.0. The maximum atomic E-state index is 12.1. The van der Waals surface area contributed by atoms with Crippen molar-refractivity contribution in [3.8, 4) is 0 Å². The zero-order valence-electron chi connectivity index (χ0n) is 14.5. The third-order valence-corrected chi connectivity index (χ3v) is 4.35. The highest BCUT2D eigenvalue weighted by atomic mass is 16.8. The molecule has 25 heavy (non-hydrogen) atoms. The van der Waals surface area contributed by atoms with Crippen LogP contribution in [0.15, 0.2) is 30.3 Å². The maximum Gasteiger partial charge on any atom is 0.407 e. The molecular weight excluding hydrogens is 326 g/mol. The summed E-state index contributed by atoms with van der Waals surface area (Å²) in [6.07, 6.45) is -0.766. The molecule has 2 aliphatic rings. The van der Waals surface area contributed by atoms with Crippen LogP contribution < -0.4 is 5.32 Å². The Morgan fingerprint density at radius 3 is 2.72 bits per heavy atom. The summed E-state index contributed by atoms with van der Waals surface area (Å²) < 4.78 is 22.8. The first-order valence-electron chi connectivity index (χ1n) is 8.54. The van der Waals surface area contributed by atoms with E-state index in [4.69, 9.17) is 24.1 Å². The molecule has 1 aliphatic heterocycles. The van der Waals surface area contributed by atoms with Gasteiger partial charge in [-0.05, 0) is 25.8 Å². The lowest BCUT2D eigenvalue weighted by Crippen LogP contribution is -2.43. The van der Waals surface area contributed by atoms with Crippen LogP contribution in [0.1, 0.15) is 25.8 Å². The smallest absolute Gasteiger partial charge is 0.407 e. The molecule has 0 bridgehead atoms. The Morgan fingerprint density at radius 2 is 2.00 bits per heavy atom. The predicted molar refractivity (Wildman–Crippen MR) is 88.8 cm³/mol. The van der Waals surface area contributed by atoms with Crippen molar-refractivity contribution in [2.75, 3.05) is 13.2 Å². The molecule has 7 heteroatoms. The minimum atomic E-state index is -0.732. The molecule has 4 atom stereocenters. The number of carbonyl (C=O) groups excluding carboxylic acids is 1. The van der Waals surface area contributed by atoms with Crippen molar-refractivity contribution in [3.05, 3.63) is 35.9 Å². The van der Waals surface area contributed by atoms with Crippen LogP contribution in [0, 0.1) is 0 Å².